The number of amides is 1. The van der Waals surface area contributed by atoms with Crippen LogP contribution in [0.4, 0.5) is 0 Å². The number of likely N-dealkylation sites (N-methyl/N-ethyl adjacent to an activating group) is 1. The Kier molecular flexibility index (Phi) is 6.70. The van der Waals surface area contributed by atoms with Crippen molar-refractivity contribution in [3.63, 3.8) is 0 Å². The lowest BCUT2D eigenvalue weighted by Gasteiger charge is -2.35. The monoisotopic (exact) mass is 365 g/mol. The van der Waals surface area contributed by atoms with Crippen LogP contribution in [0.15, 0.2) is 24.3 Å². The maximum absolute atomic E-state index is 12.4. The fraction of sp³-hybridized carbons (Fsp3) is 0.632. The molecule has 1 aromatic rings. The molecule has 0 aromatic heterocycles. The zero-order chi connectivity index (χ0) is 17.6. The maximum Gasteiger partial charge on any atom is 0.250 e. The van der Waals surface area contributed by atoms with Crippen LogP contribution < -0.4 is 5.32 Å². The number of carbonyl (C=O) groups excluding carboxylic acids is 1. The molecule has 1 amide bonds. The number of carbonyl (C=O) groups is 1. The lowest BCUT2D eigenvalue weighted by atomic mass is 10.0. The average molecular weight is 366 g/mol. The smallest absolute Gasteiger partial charge is 0.250 e. The highest BCUT2D eigenvalue weighted by Crippen LogP contribution is 2.16. The Hall–Kier alpha value is -1.14. The highest BCUT2D eigenvalue weighted by molar-refractivity contribution is 6.30. The number of morpholine rings is 1. The van der Waals surface area contributed by atoms with Gasteiger partial charge in [-0.15, -0.1) is 0 Å². The van der Waals surface area contributed by atoms with Crippen molar-refractivity contribution in [1.29, 1.82) is 0 Å². The van der Waals surface area contributed by atoms with E-state index in [4.69, 9.17) is 16.3 Å². The third-order valence-electron chi connectivity index (χ3n) is 5.14. The first-order chi connectivity index (χ1) is 12.1. The molecule has 25 heavy (non-hydrogen) atoms. The summed E-state index contributed by atoms with van der Waals surface area (Å²) in [5.41, 5.74) is 1.28. The Morgan fingerprint density at radius 1 is 1.20 bits per heavy atom. The van der Waals surface area contributed by atoms with Crippen molar-refractivity contribution in [2.75, 3.05) is 39.3 Å². The van der Waals surface area contributed by atoms with E-state index >= 15 is 0 Å². The van der Waals surface area contributed by atoms with E-state index in [0.29, 0.717) is 13.2 Å². The van der Waals surface area contributed by atoms with Crippen LogP contribution in [0.1, 0.15) is 25.3 Å². The first-order valence-electron chi connectivity index (χ1n) is 9.25. The minimum Gasteiger partial charge on any atom is -0.366 e. The number of halogens is 1. The Labute approximate surface area is 155 Å². The van der Waals surface area contributed by atoms with Crippen molar-refractivity contribution in [2.24, 2.45) is 0 Å². The van der Waals surface area contributed by atoms with Gasteiger partial charge in [-0.2, -0.15) is 0 Å². The Bertz CT molecular complexity index is 558. The molecule has 0 saturated carbocycles. The summed E-state index contributed by atoms with van der Waals surface area (Å²) >= 11 is 5.94. The summed E-state index contributed by atoms with van der Waals surface area (Å²) in [5.74, 6) is 0.0503. The summed E-state index contributed by atoms with van der Waals surface area (Å²) < 4.78 is 5.65. The lowest BCUT2D eigenvalue weighted by Crippen LogP contribution is -2.53. The van der Waals surface area contributed by atoms with Crippen LogP contribution >= 0.6 is 11.6 Å². The van der Waals surface area contributed by atoms with Crippen molar-refractivity contribution in [3.8, 4) is 0 Å². The molecule has 1 atom stereocenters. The summed E-state index contributed by atoms with van der Waals surface area (Å²) in [4.78, 5) is 17.1. The van der Waals surface area contributed by atoms with Gasteiger partial charge in [-0.25, -0.2) is 0 Å². The number of nitrogens with one attached hydrogen (secondary N) is 1. The van der Waals surface area contributed by atoms with Gasteiger partial charge in [0.05, 0.1) is 6.61 Å². The predicted octanol–water partition coefficient (Wildman–Crippen LogP) is 2.14. The van der Waals surface area contributed by atoms with Crippen LogP contribution in [0.5, 0.6) is 0 Å². The SMILES string of the molecule is CCN1CCOC(C(=O)NC2CCN(Cc3ccc(Cl)cc3)CC2)C1. The van der Waals surface area contributed by atoms with Gasteiger partial charge >= 0.3 is 0 Å². The molecule has 2 aliphatic heterocycles. The molecule has 3 rings (SSSR count). The maximum atomic E-state index is 12.4. The molecule has 5 nitrogen and oxygen atoms in total. The van der Waals surface area contributed by atoms with Crippen molar-refractivity contribution in [2.45, 2.75) is 38.5 Å². The second kappa shape index (κ2) is 8.99. The van der Waals surface area contributed by atoms with Crippen LogP contribution in [0.2, 0.25) is 5.02 Å². The fourth-order valence-electron chi connectivity index (χ4n) is 3.53. The number of ether oxygens (including phenoxy) is 1. The molecule has 0 aliphatic carbocycles. The quantitative estimate of drug-likeness (QED) is 0.868. The molecule has 1 aromatic carbocycles. The normalized spacial score (nSPS) is 23.5. The Morgan fingerprint density at radius 2 is 1.92 bits per heavy atom. The average Bonchev–Trinajstić information content (AvgIpc) is 2.65. The number of rotatable bonds is 5. The van der Waals surface area contributed by atoms with Crippen LogP contribution in [-0.4, -0.2) is 67.2 Å². The molecule has 138 valence electrons. The number of hydrogen-bond acceptors (Lipinski definition) is 4. The Morgan fingerprint density at radius 3 is 2.60 bits per heavy atom. The molecule has 1 N–H and O–H groups in total. The van der Waals surface area contributed by atoms with Gasteiger partial charge in [-0.05, 0) is 37.1 Å². The molecule has 2 fully saturated rings. The molecular weight excluding hydrogens is 338 g/mol. The minimum atomic E-state index is -0.319. The van der Waals surface area contributed by atoms with Crippen molar-refractivity contribution < 1.29 is 9.53 Å². The van der Waals surface area contributed by atoms with E-state index in [1.54, 1.807) is 0 Å². The molecule has 1 unspecified atom stereocenters. The van der Waals surface area contributed by atoms with Gasteiger partial charge in [0, 0.05) is 43.8 Å². The number of hydrogen-bond donors (Lipinski definition) is 1. The summed E-state index contributed by atoms with van der Waals surface area (Å²) in [6, 6.07) is 8.29. The number of piperidine rings is 1. The van der Waals surface area contributed by atoms with E-state index in [1.807, 2.05) is 12.1 Å². The first-order valence-corrected chi connectivity index (χ1v) is 9.63. The lowest BCUT2D eigenvalue weighted by molar-refractivity contribution is -0.139. The third-order valence-corrected chi connectivity index (χ3v) is 5.40. The molecule has 2 aliphatic rings. The van der Waals surface area contributed by atoms with Gasteiger partial charge < -0.3 is 10.1 Å². The third kappa shape index (κ3) is 5.42. The summed E-state index contributed by atoms with van der Waals surface area (Å²) in [7, 11) is 0. The molecule has 0 bridgehead atoms. The van der Waals surface area contributed by atoms with Crippen molar-refractivity contribution in [3.05, 3.63) is 34.9 Å². The van der Waals surface area contributed by atoms with Gasteiger partial charge in [-0.3, -0.25) is 14.6 Å². The molecule has 6 heteroatoms. The molecule has 2 saturated heterocycles. The van der Waals surface area contributed by atoms with Crippen molar-refractivity contribution >= 4 is 17.5 Å². The highest BCUT2D eigenvalue weighted by atomic mass is 35.5. The molecular formula is C19H28ClN3O2. The summed E-state index contributed by atoms with van der Waals surface area (Å²) in [5, 5.41) is 3.97. The summed E-state index contributed by atoms with van der Waals surface area (Å²) in [6.07, 6.45) is 1.66. The minimum absolute atomic E-state index is 0.0503. The molecule has 2 heterocycles. The zero-order valence-corrected chi connectivity index (χ0v) is 15.7. The second-order valence-electron chi connectivity index (χ2n) is 6.94. The van der Waals surface area contributed by atoms with E-state index < -0.39 is 0 Å². The van der Waals surface area contributed by atoms with Gasteiger partial charge in [-0.1, -0.05) is 30.7 Å². The van der Waals surface area contributed by atoms with E-state index in [9.17, 15) is 4.79 Å². The van der Waals surface area contributed by atoms with Crippen molar-refractivity contribution in [1.82, 2.24) is 15.1 Å². The van der Waals surface area contributed by atoms with Gasteiger partial charge in [0.15, 0.2) is 0 Å². The van der Waals surface area contributed by atoms with Gasteiger partial charge in [0.25, 0.3) is 5.91 Å². The zero-order valence-electron chi connectivity index (χ0n) is 14.9. The number of likely N-dealkylation sites (tertiary alicyclic amines) is 1. The van der Waals surface area contributed by atoms with E-state index in [-0.39, 0.29) is 18.1 Å². The second-order valence-corrected chi connectivity index (χ2v) is 7.37. The topological polar surface area (TPSA) is 44.8 Å². The van der Waals surface area contributed by atoms with Crippen LogP contribution in [0.3, 0.4) is 0 Å². The first kappa shape index (κ1) is 18.6. The Balaban J connectivity index is 1.41. The predicted molar refractivity (Wildman–Crippen MR) is 99.7 cm³/mol. The highest BCUT2D eigenvalue weighted by Gasteiger charge is 2.28. The summed E-state index contributed by atoms with van der Waals surface area (Å²) in [6.45, 7) is 8.30. The van der Waals surface area contributed by atoms with E-state index in [1.165, 1.54) is 5.56 Å². The molecule has 0 radical (unpaired) electrons. The number of benzene rings is 1. The standard InChI is InChI=1S/C19H28ClN3O2/c1-2-22-11-12-25-18(14-22)19(24)21-17-7-9-23(10-8-17)13-15-3-5-16(20)6-4-15/h3-6,17-18H,2,7-14H2,1H3,(H,21,24). The van der Waals surface area contributed by atoms with Gasteiger partial charge in [0.1, 0.15) is 6.10 Å². The fourth-order valence-corrected chi connectivity index (χ4v) is 3.65. The largest absolute Gasteiger partial charge is 0.366 e. The van der Waals surface area contributed by atoms with Gasteiger partial charge in [0.2, 0.25) is 0 Å². The van der Waals surface area contributed by atoms with E-state index in [2.05, 4.69) is 34.2 Å². The van der Waals surface area contributed by atoms with Crippen LogP contribution in [0, 0.1) is 0 Å². The van der Waals surface area contributed by atoms with E-state index in [0.717, 1.165) is 50.6 Å². The van der Waals surface area contributed by atoms with Crippen LogP contribution in [-0.2, 0) is 16.1 Å². The van der Waals surface area contributed by atoms with Crippen LogP contribution in [0.25, 0.3) is 0 Å². The number of nitrogens with zero attached hydrogens (tertiary/aromatic N) is 2. The molecule has 0 spiro atoms.